The van der Waals surface area contributed by atoms with Crippen LogP contribution in [0.4, 0.5) is 5.69 Å². The summed E-state index contributed by atoms with van der Waals surface area (Å²) in [4.78, 5) is 20.2. The normalized spacial score (nSPS) is 19.2. The van der Waals surface area contributed by atoms with Crippen LogP contribution in [-0.2, 0) is 9.53 Å². The van der Waals surface area contributed by atoms with Gasteiger partial charge < -0.3 is 15.2 Å². The van der Waals surface area contributed by atoms with Crippen molar-refractivity contribution in [2.75, 3.05) is 11.9 Å². The van der Waals surface area contributed by atoms with E-state index < -0.39 is 0 Å². The van der Waals surface area contributed by atoms with E-state index in [1.54, 1.807) is 17.1 Å². The number of carbonyl (C=O) groups is 1. The Labute approximate surface area is 165 Å². The number of imidazole rings is 1. The molecule has 0 unspecified atom stereocenters. The quantitative estimate of drug-likeness (QED) is 0.542. The smallest absolute Gasteiger partial charge is 0.221 e. The molecule has 10 nitrogen and oxygen atoms in total. The fourth-order valence-corrected chi connectivity index (χ4v) is 3.65. The molecule has 0 spiro atoms. The summed E-state index contributed by atoms with van der Waals surface area (Å²) in [5, 5.41) is 20.7. The second-order valence-electron chi connectivity index (χ2n) is 7.02. The molecule has 0 aliphatic carbocycles. The molecule has 0 radical (unpaired) electrons. The van der Waals surface area contributed by atoms with Gasteiger partial charge in [-0.2, -0.15) is 0 Å². The van der Waals surface area contributed by atoms with E-state index in [1.807, 2.05) is 28.8 Å². The Kier molecular flexibility index (Phi) is 4.22. The lowest BCUT2D eigenvalue weighted by atomic mass is 10.2. The maximum atomic E-state index is 11.2. The largest absolute Gasteiger partial charge is 0.394 e. The molecule has 5 rings (SSSR count). The van der Waals surface area contributed by atoms with E-state index in [0.717, 1.165) is 18.4 Å². The van der Waals surface area contributed by atoms with E-state index >= 15 is 0 Å². The third-order valence-corrected chi connectivity index (χ3v) is 5.03. The summed E-state index contributed by atoms with van der Waals surface area (Å²) in [6, 6.07) is 7.36. The molecule has 1 amide bonds. The SMILES string of the molecule is CC(=O)Nc1ccc(-c2nnc3c4ncn([C@H]5CC[C@@H](CO)O5)c4ncn23)cc1. The Bertz CT molecular complexity index is 1200. The van der Waals surface area contributed by atoms with Crippen molar-refractivity contribution >= 4 is 28.4 Å². The van der Waals surface area contributed by atoms with Gasteiger partial charge in [-0.3, -0.25) is 13.8 Å². The molecule has 1 fully saturated rings. The van der Waals surface area contributed by atoms with Gasteiger partial charge in [-0.05, 0) is 37.1 Å². The number of aliphatic hydroxyl groups is 1. The first-order chi connectivity index (χ1) is 14.1. The van der Waals surface area contributed by atoms with Crippen molar-refractivity contribution < 1.29 is 14.6 Å². The molecule has 1 aromatic carbocycles. The first-order valence-electron chi connectivity index (χ1n) is 9.34. The second-order valence-corrected chi connectivity index (χ2v) is 7.02. The molecule has 3 aromatic heterocycles. The van der Waals surface area contributed by atoms with Crippen molar-refractivity contribution in [2.45, 2.75) is 32.1 Å². The molecular weight excluding hydrogens is 374 g/mol. The topological polar surface area (TPSA) is 119 Å². The Morgan fingerprint density at radius 2 is 2.00 bits per heavy atom. The van der Waals surface area contributed by atoms with E-state index in [9.17, 15) is 9.90 Å². The van der Waals surface area contributed by atoms with Crippen molar-refractivity contribution in [3.8, 4) is 11.4 Å². The second kappa shape index (κ2) is 6.90. The molecule has 2 N–H and O–H groups in total. The maximum absolute atomic E-state index is 11.2. The molecule has 148 valence electrons. The van der Waals surface area contributed by atoms with E-state index in [-0.39, 0.29) is 24.8 Å². The van der Waals surface area contributed by atoms with Crippen molar-refractivity contribution in [3.63, 3.8) is 0 Å². The predicted molar refractivity (Wildman–Crippen MR) is 104 cm³/mol. The monoisotopic (exact) mass is 393 g/mol. The highest BCUT2D eigenvalue weighted by Gasteiger charge is 2.28. The standard InChI is InChI=1S/C19H19N7O3/c1-11(28)22-13-4-2-12(3-5-13)17-23-24-19-16-18(21-10-26(17)19)25(9-20-16)15-7-6-14(8-27)29-15/h2-5,9-10,14-15,27H,6-8H2,1H3,(H,22,28)/t14-,15+/m0/s1. The van der Waals surface area contributed by atoms with Crippen molar-refractivity contribution in [2.24, 2.45) is 0 Å². The molecule has 4 heterocycles. The van der Waals surface area contributed by atoms with Crippen LogP contribution in [0.5, 0.6) is 0 Å². The summed E-state index contributed by atoms with van der Waals surface area (Å²) in [6.07, 6.45) is 4.61. The van der Waals surface area contributed by atoms with E-state index in [2.05, 4.69) is 25.5 Å². The van der Waals surface area contributed by atoms with Crippen molar-refractivity contribution in [3.05, 3.63) is 36.9 Å². The van der Waals surface area contributed by atoms with Gasteiger partial charge in [0, 0.05) is 18.2 Å². The Balaban J connectivity index is 1.52. The molecule has 4 aromatic rings. The highest BCUT2D eigenvalue weighted by molar-refractivity contribution is 5.89. The van der Waals surface area contributed by atoms with Crippen molar-refractivity contribution in [1.82, 2.24) is 29.1 Å². The lowest BCUT2D eigenvalue weighted by molar-refractivity contribution is -0.114. The summed E-state index contributed by atoms with van der Waals surface area (Å²) in [6.45, 7) is 1.48. The van der Waals surface area contributed by atoms with Gasteiger partial charge >= 0.3 is 0 Å². The fourth-order valence-electron chi connectivity index (χ4n) is 3.65. The van der Waals surface area contributed by atoms with Crippen molar-refractivity contribution in [1.29, 1.82) is 0 Å². The minimum atomic E-state index is -0.198. The summed E-state index contributed by atoms with van der Waals surface area (Å²) in [5.41, 5.74) is 3.47. The molecule has 10 heteroatoms. The number of fused-ring (bicyclic) bond motifs is 3. The Morgan fingerprint density at radius 3 is 2.72 bits per heavy atom. The molecule has 2 atom stereocenters. The van der Waals surface area contributed by atoms with Crippen LogP contribution in [0.3, 0.4) is 0 Å². The minimum Gasteiger partial charge on any atom is -0.394 e. The summed E-state index contributed by atoms with van der Waals surface area (Å²) < 4.78 is 9.52. The maximum Gasteiger partial charge on any atom is 0.221 e. The number of carbonyl (C=O) groups excluding carboxylic acids is 1. The number of ether oxygens (including phenoxy) is 1. The van der Waals surface area contributed by atoms with Crippen LogP contribution in [0, 0.1) is 0 Å². The Hall–Kier alpha value is -3.37. The molecule has 1 aliphatic heterocycles. The molecule has 0 bridgehead atoms. The number of aromatic nitrogens is 6. The van der Waals surface area contributed by atoms with Crippen LogP contribution in [0.1, 0.15) is 26.0 Å². The third kappa shape index (κ3) is 3.02. The van der Waals surface area contributed by atoms with Gasteiger partial charge in [-0.15, -0.1) is 10.2 Å². The summed E-state index contributed by atoms with van der Waals surface area (Å²) in [5.74, 6) is 0.514. The van der Waals surface area contributed by atoms with Gasteiger partial charge in [0.1, 0.15) is 12.6 Å². The fraction of sp³-hybridized carbons (Fsp3) is 0.316. The van der Waals surface area contributed by atoms with Gasteiger partial charge in [0.05, 0.1) is 19.0 Å². The number of amides is 1. The van der Waals surface area contributed by atoms with Gasteiger partial charge in [0.15, 0.2) is 22.6 Å². The van der Waals surface area contributed by atoms with E-state index in [1.165, 1.54) is 6.92 Å². The zero-order valence-corrected chi connectivity index (χ0v) is 15.7. The molecule has 0 saturated carbocycles. The van der Waals surface area contributed by atoms with Crippen LogP contribution < -0.4 is 5.32 Å². The number of hydrogen-bond acceptors (Lipinski definition) is 7. The zero-order chi connectivity index (χ0) is 20.0. The number of aliphatic hydroxyl groups excluding tert-OH is 1. The lowest BCUT2D eigenvalue weighted by Gasteiger charge is -2.13. The number of nitrogens with one attached hydrogen (secondary N) is 1. The molecule has 1 aliphatic rings. The third-order valence-electron chi connectivity index (χ3n) is 5.03. The number of benzene rings is 1. The zero-order valence-electron chi connectivity index (χ0n) is 15.7. The summed E-state index contributed by atoms with van der Waals surface area (Å²) in [7, 11) is 0. The van der Waals surface area contributed by atoms with Crippen LogP contribution in [0.2, 0.25) is 0 Å². The average Bonchev–Trinajstić information content (AvgIpc) is 3.44. The molecular formula is C19H19N7O3. The first kappa shape index (κ1) is 17.7. The highest BCUT2D eigenvalue weighted by atomic mass is 16.5. The number of anilines is 1. The van der Waals surface area contributed by atoms with Gasteiger partial charge in [0.25, 0.3) is 0 Å². The minimum absolute atomic E-state index is 0.00900. The van der Waals surface area contributed by atoms with Crippen LogP contribution in [0.25, 0.3) is 28.2 Å². The molecule has 29 heavy (non-hydrogen) atoms. The van der Waals surface area contributed by atoms with Crippen LogP contribution in [-0.4, -0.2) is 52.9 Å². The average molecular weight is 393 g/mol. The predicted octanol–water partition coefficient (Wildman–Crippen LogP) is 1.77. The van der Waals surface area contributed by atoms with E-state index in [4.69, 9.17) is 4.74 Å². The molecule has 1 saturated heterocycles. The summed E-state index contributed by atoms with van der Waals surface area (Å²) >= 11 is 0. The van der Waals surface area contributed by atoms with Crippen LogP contribution >= 0.6 is 0 Å². The van der Waals surface area contributed by atoms with Gasteiger partial charge in [-0.25, -0.2) is 9.97 Å². The Morgan fingerprint density at radius 1 is 1.17 bits per heavy atom. The van der Waals surface area contributed by atoms with Crippen LogP contribution in [0.15, 0.2) is 36.9 Å². The first-order valence-corrected chi connectivity index (χ1v) is 9.34. The number of rotatable bonds is 4. The van der Waals surface area contributed by atoms with E-state index in [0.29, 0.717) is 28.3 Å². The highest BCUT2D eigenvalue weighted by Crippen LogP contribution is 2.31. The van der Waals surface area contributed by atoms with Gasteiger partial charge in [-0.1, -0.05) is 0 Å². The van der Waals surface area contributed by atoms with Gasteiger partial charge in [0.2, 0.25) is 5.91 Å². The number of nitrogens with zero attached hydrogens (tertiary/aromatic N) is 6. The lowest BCUT2D eigenvalue weighted by Crippen LogP contribution is -2.14. The number of hydrogen-bond donors (Lipinski definition) is 2.